The van der Waals surface area contributed by atoms with Crippen molar-refractivity contribution in [2.75, 3.05) is 18.8 Å². The van der Waals surface area contributed by atoms with Crippen molar-refractivity contribution in [3.63, 3.8) is 0 Å². The standard InChI is InChI=1S/C20H16ClF2NO.CH3Cl/c1-25-20-10-7-14(21)11-16(20)13-5-8-15(9-6-13)24-12-17-18(22)3-2-4-19(17)23;1-2/h2-11,24H,12H2,1H3;1H3. The third-order valence-corrected chi connectivity index (χ3v) is 4.12. The molecule has 0 aliphatic rings. The molecule has 0 aliphatic carbocycles. The van der Waals surface area contributed by atoms with Gasteiger partial charge in [0, 0.05) is 34.8 Å². The Morgan fingerprint density at radius 2 is 1.56 bits per heavy atom. The maximum Gasteiger partial charge on any atom is 0.131 e. The number of anilines is 1. The Morgan fingerprint density at radius 1 is 0.926 bits per heavy atom. The highest BCUT2D eigenvalue weighted by atomic mass is 35.5. The average Bonchev–Trinajstić information content (AvgIpc) is 2.69. The summed E-state index contributed by atoms with van der Waals surface area (Å²) in [4.78, 5) is 0. The molecule has 27 heavy (non-hydrogen) atoms. The molecule has 0 bridgehead atoms. The predicted molar refractivity (Wildman–Crippen MR) is 109 cm³/mol. The summed E-state index contributed by atoms with van der Waals surface area (Å²) < 4.78 is 32.7. The van der Waals surface area contributed by atoms with Crippen LogP contribution in [-0.2, 0) is 6.54 Å². The molecule has 3 aromatic carbocycles. The van der Waals surface area contributed by atoms with Crippen LogP contribution in [0.4, 0.5) is 14.5 Å². The van der Waals surface area contributed by atoms with Crippen LogP contribution in [0.1, 0.15) is 5.56 Å². The lowest BCUT2D eigenvalue weighted by Gasteiger charge is -2.11. The number of ether oxygens (including phenoxy) is 1. The minimum Gasteiger partial charge on any atom is -0.496 e. The molecule has 0 heterocycles. The van der Waals surface area contributed by atoms with Gasteiger partial charge in [-0.3, -0.25) is 0 Å². The Balaban J connectivity index is 0.00000126. The van der Waals surface area contributed by atoms with Gasteiger partial charge in [-0.05, 0) is 48.0 Å². The van der Waals surface area contributed by atoms with Gasteiger partial charge in [0.2, 0.25) is 0 Å². The molecule has 0 saturated heterocycles. The van der Waals surface area contributed by atoms with E-state index in [0.717, 1.165) is 22.6 Å². The molecule has 142 valence electrons. The SMILES string of the molecule is CCl.COc1ccc(Cl)cc1-c1ccc(NCc2c(F)cccc2F)cc1. The normalized spacial score (nSPS) is 10.0. The highest BCUT2D eigenvalue weighted by molar-refractivity contribution is 6.31. The number of hydrogen-bond donors (Lipinski definition) is 1. The quantitative estimate of drug-likeness (QED) is 0.469. The number of alkyl halides is 1. The summed E-state index contributed by atoms with van der Waals surface area (Å²) >= 11 is 10.7. The lowest BCUT2D eigenvalue weighted by atomic mass is 10.0. The van der Waals surface area contributed by atoms with E-state index in [1.165, 1.54) is 24.6 Å². The lowest BCUT2D eigenvalue weighted by Crippen LogP contribution is -2.04. The first-order valence-corrected chi connectivity index (χ1v) is 9.20. The number of rotatable bonds is 5. The van der Waals surface area contributed by atoms with E-state index in [0.29, 0.717) is 5.02 Å². The second kappa shape index (κ2) is 10.1. The zero-order chi connectivity index (χ0) is 19.8. The van der Waals surface area contributed by atoms with E-state index in [1.807, 2.05) is 36.4 Å². The second-order valence-electron chi connectivity index (χ2n) is 5.48. The average molecular weight is 410 g/mol. The molecular weight excluding hydrogens is 391 g/mol. The molecule has 0 saturated carbocycles. The smallest absolute Gasteiger partial charge is 0.131 e. The largest absolute Gasteiger partial charge is 0.496 e. The van der Waals surface area contributed by atoms with Crippen LogP contribution < -0.4 is 10.1 Å². The van der Waals surface area contributed by atoms with Crippen LogP contribution in [0.3, 0.4) is 0 Å². The van der Waals surface area contributed by atoms with Crippen LogP contribution in [0.25, 0.3) is 11.1 Å². The third kappa shape index (κ3) is 5.34. The summed E-state index contributed by atoms with van der Waals surface area (Å²) in [6, 6.07) is 16.7. The van der Waals surface area contributed by atoms with Crippen molar-refractivity contribution in [1.29, 1.82) is 0 Å². The van der Waals surface area contributed by atoms with E-state index in [9.17, 15) is 8.78 Å². The molecule has 3 rings (SSSR count). The van der Waals surface area contributed by atoms with Crippen molar-refractivity contribution in [3.8, 4) is 16.9 Å². The molecule has 0 fully saturated rings. The number of halogens is 4. The number of benzene rings is 3. The molecule has 0 spiro atoms. The van der Waals surface area contributed by atoms with Crippen molar-refractivity contribution >= 4 is 28.9 Å². The summed E-state index contributed by atoms with van der Waals surface area (Å²) in [5, 5.41) is 3.64. The van der Waals surface area contributed by atoms with Crippen LogP contribution in [0, 0.1) is 11.6 Å². The van der Waals surface area contributed by atoms with Crippen LogP contribution in [0.5, 0.6) is 5.75 Å². The summed E-state index contributed by atoms with van der Waals surface area (Å²) in [5.74, 6) is -0.404. The van der Waals surface area contributed by atoms with Gasteiger partial charge in [-0.15, -0.1) is 11.6 Å². The Labute approximate surface area is 167 Å². The van der Waals surface area contributed by atoms with Gasteiger partial charge in [0.25, 0.3) is 0 Å². The number of hydrogen-bond acceptors (Lipinski definition) is 2. The van der Waals surface area contributed by atoms with Crippen LogP contribution >= 0.6 is 23.2 Å². The van der Waals surface area contributed by atoms with E-state index < -0.39 is 11.6 Å². The molecular formula is C21H19Cl2F2NO. The minimum absolute atomic E-state index is 0.0167. The third-order valence-electron chi connectivity index (χ3n) is 3.89. The second-order valence-corrected chi connectivity index (χ2v) is 5.91. The summed E-state index contributed by atoms with van der Waals surface area (Å²) in [7, 11) is 1.60. The first-order valence-electron chi connectivity index (χ1n) is 8.07. The van der Waals surface area contributed by atoms with Crippen LogP contribution in [-0.4, -0.2) is 13.5 Å². The van der Waals surface area contributed by atoms with Crippen molar-refractivity contribution in [3.05, 3.63) is 82.9 Å². The molecule has 0 amide bonds. The summed E-state index contributed by atoms with van der Waals surface area (Å²) in [5.41, 5.74) is 2.58. The molecule has 6 heteroatoms. The maximum absolute atomic E-state index is 13.7. The topological polar surface area (TPSA) is 21.3 Å². The van der Waals surface area contributed by atoms with Gasteiger partial charge in [-0.2, -0.15) is 0 Å². The van der Waals surface area contributed by atoms with Gasteiger partial charge in [0.1, 0.15) is 17.4 Å². The zero-order valence-corrected chi connectivity index (χ0v) is 16.4. The van der Waals surface area contributed by atoms with Crippen molar-refractivity contribution < 1.29 is 13.5 Å². The van der Waals surface area contributed by atoms with E-state index in [4.69, 9.17) is 16.3 Å². The fourth-order valence-corrected chi connectivity index (χ4v) is 2.74. The van der Waals surface area contributed by atoms with Gasteiger partial charge < -0.3 is 10.1 Å². The highest BCUT2D eigenvalue weighted by Gasteiger charge is 2.09. The first kappa shape index (κ1) is 21.0. The highest BCUT2D eigenvalue weighted by Crippen LogP contribution is 2.33. The van der Waals surface area contributed by atoms with Gasteiger partial charge in [-0.1, -0.05) is 29.8 Å². The molecule has 0 atom stereocenters. The zero-order valence-electron chi connectivity index (χ0n) is 14.9. The Hall–Kier alpha value is -2.30. The predicted octanol–water partition coefficient (Wildman–Crippen LogP) is 6.76. The Kier molecular flexibility index (Phi) is 7.89. The van der Waals surface area contributed by atoms with Gasteiger partial charge in [-0.25, -0.2) is 8.78 Å². The molecule has 3 aromatic rings. The Morgan fingerprint density at radius 3 is 2.15 bits per heavy atom. The van der Waals surface area contributed by atoms with Crippen LogP contribution in [0.2, 0.25) is 5.02 Å². The molecule has 0 aromatic heterocycles. The summed E-state index contributed by atoms with van der Waals surface area (Å²) in [6.45, 7) is 0.0678. The fourth-order valence-electron chi connectivity index (χ4n) is 2.57. The van der Waals surface area contributed by atoms with E-state index in [2.05, 4.69) is 16.9 Å². The van der Waals surface area contributed by atoms with Crippen molar-refractivity contribution in [2.45, 2.75) is 6.54 Å². The fraction of sp³-hybridized carbons (Fsp3) is 0.143. The van der Waals surface area contributed by atoms with Crippen LogP contribution in [0.15, 0.2) is 60.7 Å². The minimum atomic E-state index is -0.562. The van der Waals surface area contributed by atoms with E-state index in [1.54, 1.807) is 13.2 Å². The number of methoxy groups -OCH3 is 1. The molecule has 0 aliphatic heterocycles. The monoisotopic (exact) mass is 409 g/mol. The van der Waals surface area contributed by atoms with E-state index >= 15 is 0 Å². The Bertz CT molecular complexity index is 866. The van der Waals surface area contributed by atoms with Gasteiger partial charge in [0.15, 0.2) is 0 Å². The number of nitrogens with one attached hydrogen (secondary N) is 1. The van der Waals surface area contributed by atoms with E-state index in [-0.39, 0.29) is 12.1 Å². The van der Waals surface area contributed by atoms with Crippen molar-refractivity contribution in [1.82, 2.24) is 0 Å². The molecule has 0 radical (unpaired) electrons. The molecule has 0 unspecified atom stereocenters. The lowest BCUT2D eigenvalue weighted by molar-refractivity contribution is 0.416. The van der Waals surface area contributed by atoms with Crippen molar-refractivity contribution in [2.24, 2.45) is 0 Å². The maximum atomic E-state index is 13.7. The van der Waals surface area contributed by atoms with Gasteiger partial charge in [0.05, 0.1) is 7.11 Å². The molecule has 2 nitrogen and oxygen atoms in total. The molecule has 1 N–H and O–H groups in total. The first-order chi connectivity index (χ1) is 13.1. The summed E-state index contributed by atoms with van der Waals surface area (Å²) in [6.07, 6.45) is 1.47. The van der Waals surface area contributed by atoms with Gasteiger partial charge >= 0.3 is 0 Å².